The smallest absolute Gasteiger partial charge is 0.339 e. The number of phenols is 1. The van der Waals surface area contributed by atoms with Crippen LogP contribution in [0.2, 0.25) is 0 Å². The summed E-state index contributed by atoms with van der Waals surface area (Å²) in [5.41, 5.74) is -0.170. The molecule has 0 saturated carbocycles. The first-order valence-corrected chi connectivity index (χ1v) is 6.23. The van der Waals surface area contributed by atoms with Crippen molar-refractivity contribution in [3.8, 4) is 5.75 Å². The van der Waals surface area contributed by atoms with Gasteiger partial charge in [0.2, 0.25) is 0 Å². The summed E-state index contributed by atoms with van der Waals surface area (Å²) < 4.78 is 0. The second-order valence-electron chi connectivity index (χ2n) is 3.87. The molecule has 2 rings (SSSR count). The Bertz CT molecular complexity index is 648. The summed E-state index contributed by atoms with van der Waals surface area (Å²) in [4.78, 5) is 24.3. The molecule has 0 aliphatic heterocycles. The van der Waals surface area contributed by atoms with Gasteiger partial charge in [0, 0.05) is 4.88 Å². The van der Waals surface area contributed by atoms with Crippen LogP contribution in [-0.4, -0.2) is 22.1 Å². The Morgan fingerprint density at radius 3 is 2.53 bits per heavy atom. The molecule has 2 aromatic rings. The highest BCUT2D eigenvalue weighted by molar-refractivity contribution is 7.14. The molecule has 1 aromatic heterocycles. The molecule has 19 heavy (non-hydrogen) atoms. The summed E-state index contributed by atoms with van der Waals surface area (Å²) in [7, 11) is 0. The van der Waals surface area contributed by atoms with E-state index in [9.17, 15) is 14.7 Å². The maximum Gasteiger partial charge on any atom is 0.339 e. The number of hydrogen-bond donors (Lipinski definition) is 3. The molecule has 0 fully saturated rings. The van der Waals surface area contributed by atoms with Crippen LogP contribution in [0, 0.1) is 6.92 Å². The second kappa shape index (κ2) is 5.11. The first-order chi connectivity index (χ1) is 8.99. The van der Waals surface area contributed by atoms with E-state index in [4.69, 9.17) is 5.11 Å². The van der Waals surface area contributed by atoms with Crippen molar-refractivity contribution >= 4 is 28.9 Å². The van der Waals surface area contributed by atoms with Gasteiger partial charge in [-0.1, -0.05) is 6.07 Å². The Morgan fingerprint density at radius 2 is 1.95 bits per heavy atom. The molecule has 98 valence electrons. The third-order valence-corrected chi connectivity index (χ3v) is 3.48. The van der Waals surface area contributed by atoms with Crippen molar-refractivity contribution in [2.75, 3.05) is 5.32 Å². The summed E-state index contributed by atoms with van der Waals surface area (Å²) in [6.07, 6.45) is 0. The number of benzene rings is 1. The van der Waals surface area contributed by atoms with Gasteiger partial charge in [0.15, 0.2) is 5.75 Å². The highest BCUT2D eigenvalue weighted by Gasteiger charge is 2.15. The molecule has 0 radical (unpaired) electrons. The lowest BCUT2D eigenvalue weighted by Crippen LogP contribution is -2.11. The Morgan fingerprint density at radius 1 is 1.21 bits per heavy atom. The maximum absolute atomic E-state index is 11.9. The molecule has 0 unspecified atom stereocenters. The van der Waals surface area contributed by atoms with E-state index in [1.807, 2.05) is 13.0 Å². The van der Waals surface area contributed by atoms with Crippen molar-refractivity contribution in [1.82, 2.24) is 0 Å². The zero-order chi connectivity index (χ0) is 14.0. The molecule has 5 nitrogen and oxygen atoms in total. The van der Waals surface area contributed by atoms with Crippen LogP contribution in [0.25, 0.3) is 0 Å². The Labute approximate surface area is 113 Å². The summed E-state index contributed by atoms with van der Waals surface area (Å²) in [6.45, 7) is 1.88. The molecule has 0 aliphatic carbocycles. The van der Waals surface area contributed by atoms with Gasteiger partial charge in [-0.3, -0.25) is 4.79 Å². The number of aromatic carboxylic acids is 1. The van der Waals surface area contributed by atoms with E-state index in [1.54, 1.807) is 6.07 Å². The van der Waals surface area contributed by atoms with E-state index >= 15 is 0 Å². The minimum Gasteiger partial charge on any atom is -0.505 e. The van der Waals surface area contributed by atoms with E-state index in [0.717, 1.165) is 4.88 Å². The number of rotatable bonds is 3. The molecule has 0 saturated heterocycles. The monoisotopic (exact) mass is 277 g/mol. The predicted octanol–water partition coefficient (Wildman–Crippen LogP) is 2.71. The number of aryl methyl sites for hydroxylation is 1. The highest BCUT2D eigenvalue weighted by atomic mass is 32.1. The molecule has 0 aliphatic rings. The van der Waals surface area contributed by atoms with E-state index in [-0.39, 0.29) is 17.2 Å². The summed E-state index contributed by atoms with van der Waals surface area (Å²) in [6, 6.07) is 7.65. The normalized spacial score (nSPS) is 10.2. The second-order valence-corrected chi connectivity index (χ2v) is 5.16. The number of aromatic hydroxyl groups is 1. The van der Waals surface area contributed by atoms with Crippen LogP contribution in [-0.2, 0) is 0 Å². The minimum absolute atomic E-state index is 0.0796. The SMILES string of the molecule is Cc1ccc(C(=O)Nc2cccc(C(=O)O)c2O)s1. The first-order valence-electron chi connectivity index (χ1n) is 5.42. The molecular weight excluding hydrogens is 266 g/mol. The molecule has 6 heteroatoms. The number of carboxylic acids is 1. The van der Waals surface area contributed by atoms with Crippen LogP contribution in [0.4, 0.5) is 5.69 Å². The minimum atomic E-state index is -1.25. The van der Waals surface area contributed by atoms with Crippen LogP contribution in [0.5, 0.6) is 5.75 Å². The fourth-order valence-electron chi connectivity index (χ4n) is 1.56. The van der Waals surface area contributed by atoms with E-state index in [0.29, 0.717) is 4.88 Å². The molecule has 1 amide bonds. The fraction of sp³-hybridized carbons (Fsp3) is 0.0769. The standard InChI is InChI=1S/C13H11NO4S/c1-7-5-6-10(19-7)12(16)14-9-4-2-3-8(11(9)15)13(17)18/h2-6,15H,1H3,(H,14,16)(H,17,18). The van der Waals surface area contributed by atoms with Gasteiger partial charge in [-0.25, -0.2) is 4.79 Å². The van der Waals surface area contributed by atoms with Gasteiger partial charge in [-0.2, -0.15) is 0 Å². The van der Waals surface area contributed by atoms with E-state index < -0.39 is 11.7 Å². The lowest BCUT2D eigenvalue weighted by molar-refractivity contribution is 0.0693. The van der Waals surface area contributed by atoms with Gasteiger partial charge in [-0.15, -0.1) is 11.3 Å². The third-order valence-electron chi connectivity index (χ3n) is 2.48. The lowest BCUT2D eigenvalue weighted by Gasteiger charge is -2.08. The number of carbonyl (C=O) groups excluding carboxylic acids is 1. The Hall–Kier alpha value is -2.34. The number of carboxylic acid groups (broad SMARTS) is 1. The zero-order valence-electron chi connectivity index (χ0n) is 10.0. The van der Waals surface area contributed by atoms with Crippen molar-refractivity contribution in [2.45, 2.75) is 6.92 Å². The fourth-order valence-corrected chi connectivity index (χ4v) is 2.32. The van der Waals surface area contributed by atoms with Gasteiger partial charge < -0.3 is 15.5 Å². The van der Waals surface area contributed by atoms with Gasteiger partial charge in [0.05, 0.1) is 10.6 Å². The maximum atomic E-state index is 11.9. The van der Waals surface area contributed by atoms with Gasteiger partial charge in [0.1, 0.15) is 5.56 Å². The van der Waals surface area contributed by atoms with Crippen molar-refractivity contribution in [3.63, 3.8) is 0 Å². The summed E-state index contributed by atoms with van der Waals surface area (Å²) in [5, 5.41) is 21.1. The number of anilines is 1. The Balaban J connectivity index is 2.27. The summed E-state index contributed by atoms with van der Waals surface area (Å²) >= 11 is 1.32. The van der Waals surface area contributed by atoms with Gasteiger partial charge >= 0.3 is 5.97 Å². The molecule has 1 aromatic carbocycles. The number of amides is 1. The van der Waals surface area contributed by atoms with Crippen molar-refractivity contribution in [2.24, 2.45) is 0 Å². The quantitative estimate of drug-likeness (QED) is 0.753. The van der Waals surface area contributed by atoms with Crippen LogP contribution < -0.4 is 5.32 Å². The Kier molecular flexibility index (Phi) is 3.52. The van der Waals surface area contributed by atoms with Crippen LogP contribution >= 0.6 is 11.3 Å². The summed E-state index contributed by atoms with van der Waals surface area (Å²) in [5.74, 6) is -2.08. The average molecular weight is 277 g/mol. The third kappa shape index (κ3) is 2.74. The number of para-hydroxylation sites is 1. The molecular formula is C13H11NO4S. The number of carbonyl (C=O) groups is 2. The lowest BCUT2D eigenvalue weighted by atomic mass is 10.1. The van der Waals surface area contributed by atoms with Gasteiger partial charge in [-0.05, 0) is 31.2 Å². The molecule has 0 spiro atoms. The zero-order valence-corrected chi connectivity index (χ0v) is 10.8. The van der Waals surface area contributed by atoms with Crippen LogP contribution in [0.1, 0.15) is 24.9 Å². The average Bonchev–Trinajstić information content (AvgIpc) is 2.78. The van der Waals surface area contributed by atoms with E-state index in [1.165, 1.54) is 29.5 Å². The largest absolute Gasteiger partial charge is 0.505 e. The molecule has 1 heterocycles. The molecule has 0 atom stereocenters. The van der Waals surface area contributed by atoms with Crippen LogP contribution in [0.3, 0.4) is 0 Å². The topological polar surface area (TPSA) is 86.6 Å². The number of thiophene rings is 1. The number of hydrogen-bond acceptors (Lipinski definition) is 4. The number of nitrogens with one attached hydrogen (secondary N) is 1. The predicted molar refractivity (Wildman–Crippen MR) is 72.1 cm³/mol. The van der Waals surface area contributed by atoms with E-state index in [2.05, 4.69) is 5.32 Å². The van der Waals surface area contributed by atoms with Crippen LogP contribution in [0.15, 0.2) is 30.3 Å². The first kappa shape index (κ1) is 13.1. The molecule has 0 bridgehead atoms. The van der Waals surface area contributed by atoms with Crippen molar-refractivity contribution in [3.05, 3.63) is 45.6 Å². The highest BCUT2D eigenvalue weighted by Crippen LogP contribution is 2.28. The molecule has 3 N–H and O–H groups in total. The van der Waals surface area contributed by atoms with Crippen molar-refractivity contribution in [1.29, 1.82) is 0 Å². The van der Waals surface area contributed by atoms with Gasteiger partial charge in [0.25, 0.3) is 5.91 Å². The van der Waals surface area contributed by atoms with Crippen molar-refractivity contribution < 1.29 is 19.8 Å².